The Labute approximate surface area is 155 Å². The largest absolute Gasteiger partial charge is 0.229 e. The first-order valence-corrected chi connectivity index (χ1v) is 11.9. The Morgan fingerprint density at radius 2 is 1.44 bits per heavy atom. The summed E-state index contributed by atoms with van der Waals surface area (Å²) in [6, 6.07) is 9.18. The van der Waals surface area contributed by atoms with E-state index in [4.69, 9.17) is 0 Å². The van der Waals surface area contributed by atoms with Crippen LogP contribution in [0.15, 0.2) is 24.3 Å². The Hall–Kier alpha value is -0.830. The van der Waals surface area contributed by atoms with E-state index in [-0.39, 0.29) is 5.25 Å². The van der Waals surface area contributed by atoms with E-state index in [0.717, 1.165) is 25.2 Å². The van der Waals surface area contributed by atoms with Crippen LogP contribution in [-0.4, -0.2) is 19.4 Å². The van der Waals surface area contributed by atoms with E-state index in [1.807, 2.05) is 0 Å². The molecule has 0 unspecified atom stereocenters. The molecule has 0 radical (unpaired) electrons. The third-order valence-electron chi connectivity index (χ3n) is 5.84. The van der Waals surface area contributed by atoms with Gasteiger partial charge in [-0.3, -0.25) is 0 Å². The SMILES string of the molecule is CCCCc1ccc(CCC2CCC(CS(=O)(=O)C(C)C)CC2)cc1. The molecule has 1 aromatic rings. The van der Waals surface area contributed by atoms with Crippen molar-refractivity contribution in [1.29, 1.82) is 0 Å². The summed E-state index contributed by atoms with van der Waals surface area (Å²) in [5.41, 5.74) is 2.90. The number of hydrogen-bond donors (Lipinski definition) is 0. The fraction of sp³-hybridized carbons (Fsp3) is 0.727. The van der Waals surface area contributed by atoms with Crippen molar-refractivity contribution in [1.82, 2.24) is 0 Å². The van der Waals surface area contributed by atoms with Crippen LogP contribution in [0, 0.1) is 11.8 Å². The fourth-order valence-corrected chi connectivity index (χ4v) is 5.21. The molecular weight excluding hydrogens is 328 g/mol. The lowest BCUT2D eigenvalue weighted by molar-refractivity contribution is 0.278. The molecule has 0 aromatic heterocycles. The van der Waals surface area contributed by atoms with Crippen LogP contribution in [-0.2, 0) is 22.7 Å². The van der Waals surface area contributed by atoms with Crippen molar-refractivity contribution in [2.45, 2.75) is 83.8 Å². The molecule has 0 saturated heterocycles. The summed E-state index contributed by atoms with van der Waals surface area (Å²) < 4.78 is 24.2. The zero-order chi connectivity index (χ0) is 18.3. The smallest absolute Gasteiger partial charge is 0.152 e. The molecule has 142 valence electrons. The maximum Gasteiger partial charge on any atom is 0.152 e. The molecule has 1 fully saturated rings. The summed E-state index contributed by atoms with van der Waals surface area (Å²) in [6.07, 6.45) is 10.7. The minimum atomic E-state index is -2.88. The van der Waals surface area contributed by atoms with Crippen molar-refractivity contribution >= 4 is 9.84 Å². The van der Waals surface area contributed by atoms with E-state index in [1.165, 1.54) is 49.7 Å². The summed E-state index contributed by atoms with van der Waals surface area (Å²) >= 11 is 0. The maximum absolute atomic E-state index is 12.1. The first kappa shape index (κ1) is 20.5. The molecule has 25 heavy (non-hydrogen) atoms. The van der Waals surface area contributed by atoms with Gasteiger partial charge in [0, 0.05) is 0 Å². The summed E-state index contributed by atoms with van der Waals surface area (Å²) in [5, 5.41) is -0.231. The van der Waals surface area contributed by atoms with Crippen LogP contribution in [0.25, 0.3) is 0 Å². The highest BCUT2D eigenvalue weighted by Gasteiger charge is 2.27. The van der Waals surface area contributed by atoms with E-state index in [9.17, 15) is 8.42 Å². The second-order valence-electron chi connectivity index (χ2n) is 8.22. The minimum Gasteiger partial charge on any atom is -0.229 e. The standard InChI is InChI=1S/C22H36O2S/c1-4-5-6-19-7-9-20(10-8-19)11-12-21-13-15-22(16-14-21)17-25(23,24)18(2)3/h7-10,18,21-22H,4-6,11-17H2,1-3H3. The van der Waals surface area contributed by atoms with E-state index in [1.54, 1.807) is 13.8 Å². The minimum absolute atomic E-state index is 0.231. The molecule has 0 bridgehead atoms. The first-order valence-electron chi connectivity index (χ1n) is 10.2. The lowest BCUT2D eigenvalue weighted by Gasteiger charge is -2.28. The summed E-state index contributed by atoms with van der Waals surface area (Å²) in [4.78, 5) is 0. The van der Waals surface area contributed by atoms with Crippen LogP contribution in [0.1, 0.15) is 76.8 Å². The number of unbranched alkanes of at least 4 members (excludes halogenated alkanes) is 1. The Kier molecular flexibility index (Phi) is 7.99. The summed E-state index contributed by atoms with van der Waals surface area (Å²) in [5.74, 6) is 1.57. The van der Waals surface area contributed by atoms with E-state index in [0.29, 0.717) is 11.7 Å². The van der Waals surface area contributed by atoms with Gasteiger partial charge in [-0.15, -0.1) is 0 Å². The second-order valence-corrected chi connectivity index (χ2v) is 10.8. The zero-order valence-corrected chi connectivity index (χ0v) is 17.2. The van der Waals surface area contributed by atoms with Crippen molar-refractivity contribution in [3.05, 3.63) is 35.4 Å². The topological polar surface area (TPSA) is 34.1 Å². The molecule has 3 heteroatoms. The highest BCUT2D eigenvalue weighted by molar-refractivity contribution is 7.91. The van der Waals surface area contributed by atoms with Crippen LogP contribution in [0.4, 0.5) is 0 Å². The molecule has 1 aliphatic carbocycles. The molecule has 1 aromatic carbocycles. The molecule has 0 aliphatic heterocycles. The van der Waals surface area contributed by atoms with Crippen molar-refractivity contribution in [2.24, 2.45) is 11.8 Å². The van der Waals surface area contributed by atoms with Crippen molar-refractivity contribution < 1.29 is 8.42 Å². The molecule has 1 aliphatic rings. The maximum atomic E-state index is 12.1. The molecule has 0 atom stereocenters. The summed E-state index contributed by atoms with van der Waals surface area (Å²) in [7, 11) is -2.88. The van der Waals surface area contributed by atoms with Gasteiger partial charge in [-0.2, -0.15) is 0 Å². The monoisotopic (exact) mass is 364 g/mol. The fourth-order valence-electron chi connectivity index (χ4n) is 3.83. The van der Waals surface area contributed by atoms with Gasteiger partial charge in [-0.25, -0.2) is 8.42 Å². The van der Waals surface area contributed by atoms with Gasteiger partial charge < -0.3 is 0 Å². The Morgan fingerprint density at radius 1 is 0.920 bits per heavy atom. The van der Waals surface area contributed by atoms with Crippen molar-refractivity contribution in [2.75, 3.05) is 5.75 Å². The van der Waals surface area contributed by atoms with Crippen LogP contribution in [0.2, 0.25) is 0 Å². The van der Waals surface area contributed by atoms with Crippen LogP contribution < -0.4 is 0 Å². The molecule has 2 rings (SSSR count). The number of benzene rings is 1. The van der Waals surface area contributed by atoms with Gasteiger partial charge in [0.2, 0.25) is 0 Å². The number of sulfone groups is 1. The molecule has 0 heterocycles. The van der Waals surface area contributed by atoms with Crippen molar-refractivity contribution in [3.8, 4) is 0 Å². The lowest BCUT2D eigenvalue weighted by Crippen LogP contribution is -2.26. The van der Waals surface area contributed by atoms with Gasteiger partial charge in [0.1, 0.15) is 0 Å². The molecular formula is C22H36O2S. The van der Waals surface area contributed by atoms with Gasteiger partial charge in [0.05, 0.1) is 11.0 Å². The van der Waals surface area contributed by atoms with Crippen molar-refractivity contribution in [3.63, 3.8) is 0 Å². The van der Waals surface area contributed by atoms with Crippen LogP contribution in [0.5, 0.6) is 0 Å². The lowest BCUT2D eigenvalue weighted by atomic mass is 9.80. The van der Waals surface area contributed by atoms with Crippen LogP contribution in [0.3, 0.4) is 0 Å². The molecule has 0 amide bonds. The van der Waals surface area contributed by atoms with E-state index < -0.39 is 9.84 Å². The van der Waals surface area contributed by atoms with Gasteiger partial charge >= 0.3 is 0 Å². The third-order valence-corrected chi connectivity index (χ3v) is 8.21. The Bertz CT molecular complexity index is 593. The molecule has 1 saturated carbocycles. The normalized spacial score (nSPS) is 21.6. The number of hydrogen-bond acceptors (Lipinski definition) is 2. The van der Waals surface area contributed by atoms with Gasteiger partial charge in [0.25, 0.3) is 0 Å². The zero-order valence-electron chi connectivity index (χ0n) is 16.3. The van der Waals surface area contributed by atoms with Gasteiger partial charge in [-0.05, 0) is 75.3 Å². The third kappa shape index (κ3) is 6.77. The second kappa shape index (κ2) is 9.75. The number of rotatable bonds is 9. The van der Waals surface area contributed by atoms with E-state index in [2.05, 4.69) is 31.2 Å². The molecule has 2 nitrogen and oxygen atoms in total. The Morgan fingerprint density at radius 3 is 1.96 bits per heavy atom. The van der Waals surface area contributed by atoms with Gasteiger partial charge in [-0.1, -0.05) is 50.5 Å². The summed E-state index contributed by atoms with van der Waals surface area (Å²) in [6.45, 7) is 5.84. The quantitative estimate of drug-likeness (QED) is 0.572. The number of aryl methyl sites for hydroxylation is 2. The highest BCUT2D eigenvalue weighted by Crippen LogP contribution is 2.33. The average Bonchev–Trinajstić information content (AvgIpc) is 2.60. The molecule has 0 spiro atoms. The van der Waals surface area contributed by atoms with Crippen LogP contribution >= 0.6 is 0 Å². The Balaban J connectivity index is 1.71. The van der Waals surface area contributed by atoms with Gasteiger partial charge in [0.15, 0.2) is 9.84 Å². The predicted octanol–water partition coefficient (Wildman–Crippen LogP) is 5.59. The molecule has 0 N–H and O–H groups in total. The first-order chi connectivity index (χ1) is 11.9. The van der Waals surface area contributed by atoms with E-state index >= 15 is 0 Å². The average molecular weight is 365 g/mol. The highest BCUT2D eigenvalue weighted by atomic mass is 32.2. The predicted molar refractivity (Wildman–Crippen MR) is 108 cm³/mol.